The fourth-order valence-corrected chi connectivity index (χ4v) is 2.10. The van der Waals surface area contributed by atoms with Crippen LogP contribution in [0.25, 0.3) is 0 Å². The van der Waals surface area contributed by atoms with Gasteiger partial charge < -0.3 is 15.7 Å². The molecule has 20 heavy (non-hydrogen) atoms. The minimum Gasteiger partial charge on any atom is -0.396 e. The van der Waals surface area contributed by atoms with Crippen molar-refractivity contribution in [3.8, 4) is 0 Å². The van der Waals surface area contributed by atoms with Gasteiger partial charge in [-0.2, -0.15) is 5.10 Å². The Labute approximate surface area is 117 Å². The van der Waals surface area contributed by atoms with E-state index >= 15 is 0 Å². The van der Waals surface area contributed by atoms with Crippen molar-refractivity contribution >= 4 is 11.4 Å². The number of anilines is 2. The number of nitrogens with zero attached hydrogens (tertiary/aromatic N) is 3. The number of hydrogen-bond donors (Lipinski definition) is 2. The molecule has 1 unspecified atom stereocenters. The van der Waals surface area contributed by atoms with E-state index in [0.717, 1.165) is 5.69 Å². The molecule has 3 N–H and O–H groups in total. The minimum atomic E-state index is -0.613. The molecule has 0 bridgehead atoms. The molecule has 0 radical (unpaired) electrons. The Bertz CT molecular complexity index is 558. The van der Waals surface area contributed by atoms with Crippen LogP contribution in [0.1, 0.15) is 6.92 Å². The van der Waals surface area contributed by atoms with E-state index in [1.165, 1.54) is 18.3 Å². The van der Waals surface area contributed by atoms with Crippen LogP contribution >= 0.6 is 0 Å². The molecule has 0 aliphatic carbocycles. The number of benzene rings is 1. The van der Waals surface area contributed by atoms with Gasteiger partial charge in [0, 0.05) is 25.0 Å². The summed E-state index contributed by atoms with van der Waals surface area (Å²) in [6.07, 6.45) is 2.59. The van der Waals surface area contributed by atoms with Crippen LogP contribution in [0.5, 0.6) is 0 Å². The minimum absolute atomic E-state index is 0.282. The van der Waals surface area contributed by atoms with E-state index in [-0.39, 0.29) is 5.82 Å². The van der Waals surface area contributed by atoms with Crippen LogP contribution < -0.4 is 10.6 Å². The van der Waals surface area contributed by atoms with E-state index in [0.29, 0.717) is 25.3 Å². The summed E-state index contributed by atoms with van der Waals surface area (Å²) < 4.78 is 14.8. The van der Waals surface area contributed by atoms with Crippen molar-refractivity contribution in [3.05, 3.63) is 42.5 Å². The van der Waals surface area contributed by atoms with Gasteiger partial charge in [-0.3, -0.25) is 4.68 Å². The summed E-state index contributed by atoms with van der Waals surface area (Å²) in [4.78, 5) is 1.92. The molecular formula is C14H19FN4O. The summed E-state index contributed by atoms with van der Waals surface area (Å²) in [5.41, 5.74) is 6.89. The molecule has 0 spiro atoms. The standard InChI is InChI=1S/C14H19FN4O/c1-2-18(13-5-3-4-11(15)6-13)9-14(20)10-19-8-12(16)7-17-19/h3-8,14,20H,2,9-10,16H2,1H3. The van der Waals surface area contributed by atoms with Crippen molar-refractivity contribution in [3.63, 3.8) is 0 Å². The largest absolute Gasteiger partial charge is 0.396 e. The van der Waals surface area contributed by atoms with Crippen LogP contribution in [0.4, 0.5) is 15.8 Å². The Morgan fingerprint density at radius 3 is 2.90 bits per heavy atom. The molecule has 5 nitrogen and oxygen atoms in total. The summed E-state index contributed by atoms with van der Waals surface area (Å²) in [7, 11) is 0. The molecule has 1 aromatic carbocycles. The summed E-state index contributed by atoms with van der Waals surface area (Å²) in [5, 5.41) is 14.1. The van der Waals surface area contributed by atoms with E-state index in [4.69, 9.17) is 5.73 Å². The fourth-order valence-electron chi connectivity index (χ4n) is 2.10. The van der Waals surface area contributed by atoms with Crippen LogP contribution in [0.2, 0.25) is 0 Å². The predicted octanol–water partition coefficient (Wildman–Crippen LogP) is 1.49. The van der Waals surface area contributed by atoms with Crippen molar-refractivity contribution in [1.82, 2.24) is 9.78 Å². The van der Waals surface area contributed by atoms with Crippen molar-refractivity contribution in [1.29, 1.82) is 0 Å². The highest BCUT2D eigenvalue weighted by molar-refractivity contribution is 5.46. The van der Waals surface area contributed by atoms with E-state index in [2.05, 4.69) is 5.10 Å². The van der Waals surface area contributed by atoms with Crippen molar-refractivity contribution in [2.45, 2.75) is 19.6 Å². The topological polar surface area (TPSA) is 67.3 Å². The Morgan fingerprint density at radius 2 is 2.30 bits per heavy atom. The van der Waals surface area contributed by atoms with Gasteiger partial charge in [0.05, 0.1) is 24.5 Å². The van der Waals surface area contributed by atoms with Gasteiger partial charge in [0.2, 0.25) is 0 Å². The summed E-state index contributed by atoms with van der Waals surface area (Å²) in [6.45, 7) is 3.40. The lowest BCUT2D eigenvalue weighted by atomic mass is 10.2. The zero-order chi connectivity index (χ0) is 14.5. The van der Waals surface area contributed by atoms with Crippen LogP contribution in [0, 0.1) is 5.82 Å². The lowest BCUT2D eigenvalue weighted by Gasteiger charge is -2.26. The maximum absolute atomic E-state index is 13.2. The van der Waals surface area contributed by atoms with Gasteiger partial charge in [-0.25, -0.2) is 4.39 Å². The van der Waals surface area contributed by atoms with Crippen molar-refractivity contribution < 1.29 is 9.50 Å². The normalized spacial score (nSPS) is 12.3. The Balaban J connectivity index is 1.99. The van der Waals surface area contributed by atoms with E-state index in [1.807, 2.05) is 17.9 Å². The van der Waals surface area contributed by atoms with E-state index < -0.39 is 6.10 Å². The highest BCUT2D eigenvalue weighted by Crippen LogP contribution is 2.16. The first-order chi connectivity index (χ1) is 9.58. The van der Waals surface area contributed by atoms with Gasteiger partial charge in [-0.05, 0) is 25.1 Å². The third kappa shape index (κ3) is 3.71. The molecule has 0 aliphatic heterocycles. The number of aromatic nitrogens is 2. The zero-order valence-electron chi connectivity index (χ0n) is 11.4. The average molecular weight is 278 g/mol. The van der Waals surface area contributed by atoms with Crippen LogP contribution in [0.3, 0.4) is 0 Å². The first-order valence-corrected chi connectivity index (χ1v) is 6.55. The molecule has 0 fully saturated rings. The molecule has 1 aromatic heterocycles. The maximum atomic E-state index is 13.2. The molecule has 0 amide bonds. The number of nitrogens with two attached hydrogens (primary N) is 1. The summed E-state index contributed by atoms with van der Waals surface area (Å²) >= 11 is 0. The second-order valence-corrected chi connectivity index (χ2v) is 4.67. The van der Waals surface area contributed by atoms with Gasteiger partial charge in [-0.15, -0.1) is 0 Å². The Hall–Kier alpha value is -2.08. The summed E-state index contributed by atoms with van der Waals surface area (Å²) in [5.74, 6) is -0.282. The Kier molecular flexibility index (Phi) is 4.57. The van der Waals surface area contributed by atoms with Gasteiger partial charge in [-0.1, -0.05) is 6.07 Å². The van der Waals surface area contributed by atoms with E-state index in [1.54, 1.807) is 16.9 Å². The third-order valence-corrected chi connectivity index (χ3v) is 3.04. The van der Waals surface area contributed by atoms with Gasteiger partial charge in [0.25, 0.3) is 0 Å². The number of hydrogen-bond acceptors (Lipinski definition) is 4. The molecule has 0 saturated heterocycles. The fraction of sp³-hybridized carbons (Fsp3) is 0.357. The lowest BCUT2D eigenvalue weighted by Crippen LogP contribution is -2.34. The molecule has 6 heteroatoms. The van der Waals surface area contributed by atoms with E-state index in [9.17, 15) is 9.50 Å². The van der Waals surface area contributed by atoms with Gasteiger partial charge >= 0.3 is 0 Å². The van der Waals surface area contributed by atoms with Gasteiger partial charge in [0.15, 0.2) is 0 Å². The second kappa shape index (κ2) is 6.38. The first-order valence-electron chi connectivity index (χ1n) is 6.55. The van der Waals surface area contributed by atoms with Crippen molar-refractivity contribution in [2.75, 3.05) is 23.7 Å². The number of aliphatic hydroxyl groups is 1. The van der Waals surface area contributed by atoms with Crippen molar-refractivity contribution in [2.24, 2.45) is 0 Å². The highest BCUT2D eigenvalue weighted by atomic mass is 19.1. The molecule has 108 valence electrons. The smallest absolute Gasteiger partial charge is 0.125 e. The SMILES string of the molecule is CCN(CC(O)Cn1cc(N)cn1)c1cccc(F)c1. The monoisotopic (exact) mass is 278 g/mol. The third-order valence-electron chi connectivity index (χ3n) is 3.04. The number of nitrogen functional groups attached to an aromatic ring is 1. The molecular weight excluding hydrogens is 259 g/mol. The molecule has 2 aromatic rings. The van der Waals surface area contributed by atoms with Crippen LogP contribution in [0.15, 0.2) is 36.7 Å². The number of rotatable bonds is 6. The Morgan fingerprint density at radius 1 is 1.50 bits per heavy atom. The van der Waals surface area contributed by atoms with Gasteiger partial charge in [0.1, 0.15) is 5.82 Å². The molecule has 2 rings (SSSR count). The molecule has 1 atom stereocenters. The number of aliphatic hydroxyl groups excluding tert-OH is 1. The molecule has 1 heterocycles. The average Bonchev–Trinajstić information content (AvgIpc) is 2.81. The van der Waals surface area contributed by atoms with Crippen LogP contribution in [-0.2, 0) is 6.54 Å². The number of halogens is 1. The lowest BCUT2D eigenvalue weighted by molar-refractivity contribution is 0.154. The summed E-state index contributed by atoms with van der Waals surface area (Å²) in [6, 6.07) is 6.35. The second-order valence-electron chi connectivity index (χ2n) is 4.67. The first kappa shape index (κ1) is 14.3. The predicted molar refractivity (Wildman–Crippen MR) is 76.9 cm³/mol. The number of likely N-dealkylation sites (N-methyl/N-ethyl adjacent to an activating group) is 1. The van der Waals surface area contributed by atoms with Crippen LogP contribution in [-0.4, -0.2) is 34.1 Å². The molecule has 0 saturated carbocycles. The molecule has 0 aliphatic rings. The maximum Gasteiger partial charge on any atom is 0.125 e. The highest BCUT2D eigenvalue weighted by Gasteiger charge is 2.12. The quantitative estimate of drug-likeness (QED) is 0.840. The zero-order valence-corrected chi connectivity index (χ0v) is 11.4.